The number of hydrogen-bond acceptors (Lipinski definition) is 2. The molecule has 2 nitrogen and oxygen atoms in total. The van der Waals surface area contributed by atoms with E-state index in [1.807, 2.05) is 0 Å². The Bertz CT molecular complexity index is 613. The third kappa shape index (κ3) is 1.73. The number of fused-ring (bicyclic) bond motifs is 5. The lowest BCUT2D eigenvalue weighted by atomic mass is 9.47. The number of Topliss-reactive ketones (excluding diaryl/α,β-unsaturated/α-hetero) is 1. The summed E-state index contributed by atoms with van der Waals surface area (Å²) in [5, 5.41) is 0. The number of ketones is 2. The topological polar surface area (TPSA) is 34.1 Å². The molecule has 0 aromatic heterocycles. The molecular weight excluding hydrogens is 272 g/mol. The molecule has 3 saturated carbocycles. The van der Waals surface area contributed by atoms with Gasteiger partial charge in [-0.05, 0) is 66.9 Å². The molecule has 0 aromatic rings. The van der Waals surface area contributed by atoms with Crippen molar-refractivity contribution >= 4 is 11.6 Å². The molecule has 4 aliphatic rings. The SMILES string of the molecule is C=C1C[C@@H]2[C@@H](CC[C@]3(C)CCC[C@@H]23)[C@@]2(C)CC(=O)C(=O)C=C12. The molecule has 118 valence electrons. The van der Waals surface area contributed by atoms with Crippen molar-refractivity contribution in [2.24, 2.45) is 28.6 Å². The van der Waals surface area contributed by atoms with E-state index in [1.165, 1.54) is 32.1 Å². The molecule has 0 bridgehead atoms. The highest BCUT2D eigenvalue weighted by molar-refractivity contribution is 6.42. The third-order valence-corrected chi connectivity index (χ3v) is 7.59. The summed E-state index contributed by atoms with van der Waals surface area (Å²) in [6.45, 7) is 9.00. The zero-order chi connectivity index (χ0) is 15.7. The summed E-state index contributed by atoms with van der Waals surface area (Å²) in [4.78, 5) is 24.0. The van der Waals surface area contributed by atoms with Crippen molar-refractivity contribution in [3.05, 3.63) is 23.8 Å². The van der Waals surface area contributed by atoms with E-state index in [4.69, 9.17) is 0 Å². The van der Waals surface area contributed by atoms with Crippen molar-refractivity contribution in [2.45, 2.75) is 58.8 Å². The maximum atomic E-state index is 12.1. The van der Waals surface area contributed by atoms with E-state index >= 15 is 0 Å². The van der Waals surface area contributed by atoms with Crippen molar-refractivity contribution in [1.29, 1.82) is 0 Å². The molecule has 4 rings (SSSR count). The fraction of sp³-hybridized carbons (Fsp3) is 0.700. The van der Waals surface area contributed by atoms with Gasteiger partial charge in [0.05, 0.1) is 0 Å². The normalized spacial score (nSPS) is 47.6. The molecule has 4 aliphatic carbocycles. The first kappa shape index (κ1) is 14.4. The fourth-order valence-electron chi connectivity index (χ4n) is 6.48. The van der Waals surface area contributed by atoms with E-state index in [0.717, 1.165) is 23.5 Å². The summed E-state index contributed by atoms with van der Waals surface area (Å²) in [5.41, 5.74) is 2.59. The maximum Gasteiger partial charge on any atom is 0.221 e. The van der Waals surface area contributed by atoms with E-state index in [0.29, 0.717) is 23.7 Å². The Hall–Kier alpha value is -1.18. The summed E-state index contributed by atoms with van der Waals surface area (Å²) < 4.78 is 0. The quantitative estimate of drug-likeness (QED) is 0.626. The lowest BCUT2D eigenvalue weighted by Crippen LogP contribution is -2.51. The van der Waals surface area contributed by atoms with Gasteiger partial charge in [-0.15, -0.1) is 0 Å². The van der Waals surface area contributed by atoms with Gasteiger partial charge in [-0.3, -0.25) is 9.59 Å². The van der Waals surface area contributed by atoms with E-state index in [2.05, 4.69) is 20.4 Å². The van der Waals surface area contributed by atoms with Gasteiger partial charge in [0, 0.05) is 11.8 Å². The second-order valence-electron chi connectivity index (χ2n) is 8.71. The van der Waals surface area contributed by atoms with Gasteiger partial charge < -0.3 is 0 Å². The minimum Gasteiger partial charge on any atom is -0.290 e. The van der Waals surface area contributed by atoms with Crippen LogP contribution in [0.2, 0.25) is 0 Å². The third-order valence-electron chi connectivity index (χ3n) is 7.59. The Morgan fingerprint density at radius 2 is 1.91 bits per heavy atom. The zero-order valence-electron chi connectivity index (χ0n) is 13.8. The average Bonchev–Trinajstić information content (AvgIpc) is 2.84. The van der Waals surface area contributed by atoms with E-state index in [9.17, 15) is 9.59 Å². The van der Waals surface area contributed by atoms with E-state index < -0.39 is 0 Å². The van der Waals surface area contributed by atoms with Crippen LogP contribution in [0.5, 0.6) is 0 Å². The molecule has 0 amide bonds. The molecule has 0 heterocycles. The summed E-state index contributed by atoms with van der Waals surface area (Å²) in [7, 11) is 0. The highest BCUT2D eigenvalue weighted by Crippen LogP contribution is 2.65. The monoisotopic (exact) mass is 298 g/mol. The van der Waals surface area contributed by atoms with Gasteiger partial charge in [0.2, 0.25) is 11.6 Å². The van der Waals surface area contributed by atoms with Crippen molar-refractivity contribution in [1.82, 2.24) is 0 Å². The molecule has 3 fully saturated rings. The van der Waals surface area contributed by atoms with Gasteiger partial charge in [-0.2, -0.15) is 0 Å². The van der Waals surface area contributed by atoms with Crippen LogP contribution < -0.4 is 0 Å². The Labute approximate surface area is 133 Å². The van der Waals surface area contributed by atoms with Crippen molar-refractivity contribution in [3.63, 3.8) is 0 Å². The largest absolute Gasteiger partial charge is 0.290 e. The highest BCUT2D eigenvalue weighted by atomic mass is 16.2. The lowest BCUT2D eigenvalue weighted by Gasteiger charge is -2.57. The van der Waals surface area contributed by atoms with Crippen LogP contribution in [0, 0.1) is 28.6 Å². The number of allylic oxidation sites excluding steroid dienone is 2. The maximum absolute atomic E-state index is 12.1. The molecule has 0 aliphatic heterocycles. The van der Waals surface area contributed by atoms with Crippen LogP contribution in [0.25, 0.3) is 0 Å². The number of rotatable bonds is 0. The minimum atomic E-state index is -0.311. The molecular formula is C20H26O2. The second kappa shape index (κ2) is 4.43. The van der Waals surface area contributed by atoms with Gasteiger partial charge in [-0.1, -0.05) is 32.4 Å². The summed E-state index contributed by atoms with van der Waals surface area (Å²) in [5.74, 6) is 1.50. The molecule has 0 spiro atoms. The Balaban J connectivity index is 1.78. The van der Waals surface area contributed by atoms with Crippen molar-refractivity contribution in [2.75, 3.05) is 0 Å². The van der Waals surface area contributed by atoms with E-state index in [-0.39, 0.29) is 17.0 Å². The minimum absolute atomic E-state index is 0.144. The first-order valence-electron chi connectivity index (χ1n) is 8.83. The summed E-state index contributed by atoms with van der Waals surface area (Å²) in [6.07, 6.45) is 9.61. The van der Waals surface area contributed by atoms with Gasteiger partial charge in [0.25, 0.3) is 0 Å². The van der Waals surface area contributed by atoms with Crippen LogP contribution in [0.15, 0.2) is 23.8 Å². The molecule has 0 N–H and O–H groups in total. The van der Waals surface area contributed by atoms with Crippen molar-refractivity contribution < 1.29 is 9.59 Å². The lowest BCUT2D eigenvalue weighted by molar-refractivity contribution is -0.137. The predicted octanol–water partition coefficient (Wildman–Crippen LogP) is 4.25. The van der Waals surface area contributed by atoms with Gasteiger partial charge in [0.15, 0.2) is 0 Å². The fourth-order valence-corrected chi connectivity index (χ4v) is 6.48. The van der Waals surface area contributed by atoms with Crippen LogP contribution in [-0.2, 0) is 9.59 Å². The Kier molecular flexibility index (Phi) is 2.90. The molecule has 0 aromatic carbocycles. The molecule has 5 atom stereocenters. The van der Waals surface area contributed by atoms with Gasteiger partial charge in [-0.25, -0.2) is 0 Å². The number of carbonyl (C=O) groups excluding carboxylic acids is 2. The number of carbonyl (C=O) groups is 2. The summed E-state index contributed by atoms with van der Waals surface area (Å²) >= 11 is 0. The van der Waals surface area contributed by atoms with Crippen LogP contribution in [0.3, 0.4) is 0 Å². The van der Waals surface area contributed by atoms with Gasteiger partial charge in [0.1, 0.15) is 0 Å². The first-order valence-corrected chi connectivity index (χ1v) is 8.83. The Morgan fingerprint density at radius 1 is 1.14 bits per heavy atom. The Morgan fingerprint density at radius 3 is 2.68 bits per heavy atom. The molecule has 2 heteroatoms. The van der Waals surface area contributed by atoms with Crippen LogP contribution >= 0.6 is 0 Å². The predicted molar refractivity (Wildman–Crippen MR) is 86.2 cm³/mol. The molecule has 0 saturated heterocycles. The van der Waals surface area contributed by atoms with Crippen LogP contribution in [-0.4, -0.2) is 11.6 Å². The highest BCUT2D eigenvalue weighted by Gasteiger charge is 2.57. The van der Waals surface area contributed by atoms with Crippen LogP contribution in [0.1, 0.15) is 58.8 Å². The summed E-state index contributed by atoms with van der Waals surface area (Å²) in [6, 6.07) is 0. The van der Waals surface area contributed by atoms with Gasteiger partial charge >= 0.3 is 0 Å². The first-order chi connectivity index (χ1) is 10.3. The number of hydrogen-bond donors (Lipinski definition) is 0. The molecule has 22 heavy (non-hydrogen) atoms. The van der Waals surface area contributed by atoms with Crippen LogP contribution in [0.4, 0.5) is 0 Å². The smallest absolute Gasteiger partial charge is 0.221 e. The second-order valence-corrected chi connectivity index (χ2v) is 8.71. The molecule has 0 unspecified atom stereocenters. The zero-order valence-corrected chi connectivity index (χ0v) is 13.8. The average molecular weight is 298 g/mol. The van der Waals surface area contributed by atoms with Crippen molar-refractivity contribution in [3.8, 4) is 0 Å². The standard InChI is InChI=1S/C20H26O2/c1-12-9-13-14-5-4-7-19(14,2)8-6-15(13)20(3)11-18(22)17(21)10-16(12)20/h10,13-15H,1,4-9,11H2,2-3H3/t13-,14-,15+,19-,20+/m0/s1. The molecule has 0 radical (unpaired) electrons. The van der Waals surface area contributed by atoms with E-state index in [1.54, 1.807) is 6.08 Å².